The molecule has 6 heteroatoms. The van der Waals surface area contributed by atoms with Gasteiger partial charge in [0.15, 0.2) is 5.43 Å². The average Bonchev–Trinajstić information content (AvgIpc) is 2.94. The summed E-state index contributed by atoms with van der Waals surface area (Å²) in [5.74, 6) is -0.350. The van der Waals surface area contributed by atoms with Crippen LogP contribution >= 0.6 is 0 Å². The summed E-state index contributed by atoms with van der Waals surface area (Å²) in [6.07, 6.45) is 0.0687. The standard InChI is InChI=1S/C18H12N2O4/c21-15-6-9-5-14-16-13(7-20(14)18(23)11(9)8-24-15)19-12-4-2-1-3-10(12)17(16)22/h1-5H,6-8H2,(H,19,22). The Hall–Kier alpha value is -3.15. The second-order valence-electron chi connectivity index (χ2n) is 6.12. The minimum Gasteiger partial charge on any atom is -0.460 e. The Morgan fingerprint density at radius 1 is 1.12 bits per heavy atom. The summed E-state index contributed by atoms with van der Waals surface area (Å²) in [7, 11) is 0. The molecule has 4 heterocycles. The molecule has 0 radical (unpaired) electrons. The maximum atomic E-state index is 12.9. The normalized spacial score (nSPS) is 14.9. The van der Waals surface area contributed by atoms with Crippen molar-refractivity contribution in [2.75, 3.05) is 0 Å². The average molecular weight is 320 g/mol. The summed E-state index contributed by atoms with van der Waals surface area (Å²) in [5.41, 5.74) is 3.45. The third kappa shape index (κ3) is 1.62. The van der Waals surface area contributed by atoms with Gasteiger partial charge in [-0.2, -0.15) is 0 Å². The van der Waals surface area contributed by atoms with Gasteiger partial charge in [0.25, 0.3) is 5.56 Å². The number of nitrogens with one attached hydrogen (secondary N) is 1. The van der Waals surface area contributed by atoms with Crippen molar-refractivity contribution in [3.05, 3.63) is 67.7 Å². The van der Waals surface area contributed by atoms with Crippen LogP contribution in [0.1, 0.15) is 16.8 Å². The molecule has 2 aromatic heterocycles. The van der Waals surface area contributed by atoms with Crippen molar-refractivity contribution in [1.82, 2.24) is 9.55 Å². The molecule has 0 unspecified atom stereocenters. The van der Waals surface area contributed by atoms with Gasteiger partial charge in [-0.05, 0) is 23.8 Å². The highest BCUT2D eigenvalue weighted by Gasteiger charge is 2.29. The van der Waals surface area contributed by atoms with Crippen molar-refractivity contribution in [1.29, 1.82) is 0 Å². The maximum Gasteiger partial charge on any atom is 0.310 e. The number of nitrogens with zero attached hydrogens (tertiary/aromatic N) is 1. The quantitative estimate of drug-likeness (QED) is 0.495. The van der Waals surface area contributed by atoms with E-state index in [4.69, 9.17) is 4.74 Å². The van der Waals surface area contributed by atoms with Crippen molar-refractivity contribution in [2.24, 2.45) is 0 Å². The number of hydrogen-bond donors (Lipinski definition) is 1. The first kappa shape index (κ1) is 13.3. The number of fused-ring (bicyclic) bond motifs is 5. The molecule has 2 aliphatic heterocycles. The molecule has 0 atom stereocenters. The molecule has 0 saturated carbocycles. The first-order chi connectivity index (χ1) is 11.6. The number of hydrogen-bond acceptors (Lipinski definition) is 4. The van der Waals surface area contributed by atoms with E-state index >= 15 is 0 Å². The lowest BCUT2D eigenvalue weighted by Gasteiger charge is -2.17. The lowest BCUT2D eigenvalue weighted by molar-refractivity contribution is -0.145. The molecule has 2 aliphatic rings. The van der Waals surface area contributed by atoms with Gasteiger partial charge in [-0.15, -0.1) is 0 Å². The Bertz CT molecular complexity index is 1170. The zero-order valence-corrected chi connectivity index (χ0v) is 12.6. The fourth-order valence-electron chi connectivity index (χ4n) is 3.61. The third-order valence-electron chi connectivity index (χ3n) is 4.76. The van der Waals surface area contributed by atoms with Gasteiger partial charge in [0, 0.05) is 16.6 Å². The van der Waals surface area contributed by atoms with Gasteiger partial charge in [0.1, 0.15) is 6.61 Å². The topological polar surface area (TPSA) is 81.2 Å². The number of benzene rings is 1. The fraction of sp³-hybridized carbons (Fsp3) is 0.167. The SMILES string of the molecule is O=C1Cc2cc3n(c(=O)c2CO1)Cc1[nH]c2ccccc2c(=O)c1-3. The molecule has 0 fully saturated rings. The monoisotopic (exact) mass is 320 g/mol. The van der Waals surface area contributed by atoms with Crippen LogP contribution < -0.4 is 11.0 Å². The summed E-state index contributed by atoms with van der Waals surface area (Å²) in [6, 6.07) is 9.08. The van der Waals surface area contributed by atoms with Gasteiger partial charge in [0.2, 0.25) is 0 Å². The second kappa shape index (κ2) is 4.44. The first-order valence-electron chi connectivity index (χ1n) is 7.69. The first-order valence-corrected chi connectivity index (χ1v) is 7.69. The lowest BCUT2D eigenvalue weighted by Crippen LogP contribution is -2.30. The van der Waals surface area contributed by atoms with Crippen LogP contribution in [0.4, 0.5) is 0 Å². The number of aromatic nitrogens is 2. The van der Waals surface area contributed by atoms with Gasteiger partial charge >= 0.3 is 5.97 Å². The predicted octanol–water partition coefficient (Wildman–Crippen LogP) is 1.32. The van der Waals surface area contributed by atoms with Crippen molar-refractivity contribution < 1.29 is 9.53 Å². The molecule has 0 saturated heterocycles. The van der Waals surface area contributed by atoms with E-state index in [0.29, 0.717) is 34.3 Å². The van der Waals surface area contributed by atoms with Crippen LogP contribution in [0.5, 0.6) is 0 Å². The number of cyclic esters (lactones) is 1. The zero-order chi connectivity index (χ0) is 16.4. The maximum absolute atomic E-state index is 12.9. The summed E-state index contributed by atoms with van der Waals surface area (Å²) >= 11 is 0. The molecule has 0 bridgehead atoms. The Morgan fingerprint density at radius 2 is 1.96 bits per heavy atom. The molecule has 0 spiro atoms. The van der Waals surface area contributed by atoms with E-state index in [0.717, 1.165) is 11.2 Å². The number of aromatic amines is 1. The van der Waals surface area contributed by atoms with Crippen molar-refractivity contribution in [3.63, 3.8) is 0 Å². The number of rotatable bonds is 0. The Morgan fingerprint density at radius 3 is 2.83 bits per heavy atom. The minimum atomic E-state index is -0.350. The number of pyridine rings is 2. The Balaban J connectivity index is 1.86. The van der Waals surface area contributed by atoms with Crippen LogP contribution in [0, 0.1) is 0 Å². The van der Waals surface area contributed by atoms with Crippen molar-refractivity contribution in [3.8, 4) is 11.3 Å². The van der Waals surface area contributed by atoms with E-state index in [9.17, 15) is 14.4 Å². The molecular weight excluding hydrogens is 308 g/mol. The number of carbonyl (C=O) groups excluding carboxylic acids is 1. The van der Waals surface area contributed by atoms with E-state index in [1.807, 2.05) is 18.2 Å². The van der Waals surface area contributed by atoms with E-state index in [1.54, 1.807) is 16.7 Å². The van der Waals surface area contributed by atoms with Crippen LogP contribution in [0.2, 0.25) is 0 Å². The molecule has 118 valence electrons. The van der Waals surface area contributed by atoms with E-state index in [-0.39, 0.29) is 30.0 Å². The van der Waals surface area contributed by atoms with E-state index in [2.05, 4.69) is 4.98 Å². The molecule has 1 N–H and O–H groups in total. The van der Waals surface area contributed by atoms with Gasteiger partial charge in [0.05, 0.1) is 29.8 Å². The molecule has 3 aromatic rings. The fourth-order valence-corrected chi connectivity index (χ4v) is 3.61. The number of carbonyl (C=O) groups is 1. The van der Waals surface area contributed by atoms with Crippen LogP contribution in [0.3, 0.4) is 0 Å². The van der Waals surface area contributed by atoms with Crippen LogP contribution in [-0.2, 0) is 29.1 Å². The number of para-hydroxylation sites is 1. The largest absolute Gasteiger partial charge is 0.460 e. The minimum absolute atomic E-state index is 0.000449. The Kier molecular flexibility index (Phi) is 2.46. The summed E-state index contributed by atoms with van der Waals surface area (Å²) < 4.78 is 6.57. The second-order valence-corrected chi connectivity index (χ2v) is 6.12. The van der Waals surface area contributed by atoms with Crippen molar-refractivity contribution in [2.45, 2.75) is 19.6 Å². The number of esters is 1. The van der Waals surface area contributed by atoms with Crippen LogP contribution in [0.25, 0.3) is 22.2 Å². The summed E-state index contributed by atoms with van der Waals surface area (Å²) in [6.45, 7) is 0.324. The van der Waals surface area contributed by atoms with Crippen LogP contribution in [-0.4, -0.2) is 15.5 Å². The summed E-state index contributed by atoms with van der Waals surface area (Å²) in [5, 5.41) is 0.592. The molecule has 0 aliphatic carbocycles. The highest BCUT2D eigenvalue weighted by Crippen LogP contribution is 2.30. The number of H-pyrrole nitrogens is 1. The van der Waals surface area contributed by atoms with Gasteiger partial charge in [-0.1, -0.05) is 12.1 Å². The van der Waals surface area contributed by atoms with E-state index in [1.165, 1.54) is 0 Å². The van der Waals surface area contributed by atoms with Crippen LogP contribution in [0.15, 0.2) is 39.9 Å². The molecule has 1 aromatic carbocycles. The third-order valence-corrected chi connectivity index (χ3v) is 4.76. The highest BCUT2D eigenvalue weighted by atomic mass is 16.5. The molecule has 5 rings (SSSR count). The van der Waals surface area contributed by atoms with E-state index < -0.39 is 0 Å². The highest BCUT2D eigenvalue weighted by molar-refractivity contribution is 5.85. The molecule has 24 heavy (non-hydrogen) atoms. The smallest absolute Gasteiger partial charge is 0.310 e. The van der Waals surface area contributed by atoms with Crippen molar-refractivity contribution >= 4 is 16.9 Å². The predicted molar refractivity (Wildman–Crippen MR) is 86.9 cm³/mol. The van der Waals surface area contributed by atoms with Gasteiger partial charge in [-0.3, -0.25) is 14.4 Å². The molecule has 6 nitrogen and oxygen atoms in total. The molecular formula is C18H12N2O4. The summed E-state index contributed by atoms with van der Waals surface area (Å²) in [4.78, 5) is 40.4. The van der Waals surface area contributed by atoms with Gasteiger partial charge < -0.3 is 14.3 Å². The Labute approximate surface area is 135 Å². The molecule has 0 amide bonds. The zero-order valence-electron chi connectivity index (χ0n) is 12.6. The number of ether oxygens (including phenoxy) is 1. The lowest BCUT2D eigenvalue weighted by atomic mass is 10.0. The van der Waals surface area contributed by atoms with Gasteiger partial charge in [-0.25, -0.2) is 0 Å².